The van der Waals surface area contributed by atoms with E-state index in [-0.39, 0.29) is 5.82 Å². The van der Waals surface area contributed by atoms with Gasteiger partial charge in [-0.2, -0.15) is 0 Å². The molecule has 1 heteroatoms. The van der Waals surface area contributed by atoms with Crippen LogP contribution in [-0.2, 0) is 25.7 Å². The molecule has 4 aromatic carbocycles. The predicted molar refractivity (Wildman–Crippen MR) is 156 cm³/mol. The van der Waals surface area contributed by atoms with Gasteiger partial charge in [-0.3, -0.25) is 0 Å². The second-order valence-corrected chi connectivity index (χ2v) is 9.46. The number of rotatable bonds is 9. The maximum Gasteiger partial charge on any atom is 0.146 e. The average Bonchev–Trinajstić information content (AvgIpc) is 2.93. The lowest BCUT2D eigenvalue weighted by Gasteiger charge is -2.07. The van der Waals surface area contributed by atoms with Crippen molar-refractivity contribution in [2.75, 3.05) is 0 Å². The smallest absolute Gasteiger partial charge is 0.146 e. The molecule has 0 saturated carbocycles. The van der Waals surface area contributed by atoms with Crippen molar-refractivity contribution in [1.82, 2.24) is 0 Å². The monoisotopic (exact) mass is 486 g/mol. The molecule has 0 aliphatic carbocycles. The van der Waals surface area contributed by atoms with Gasteiger partial charge >= 0.3 is 0 Å². The molecule has 0 N–H and O–H groups in total. The fraction of sp³-hybridized carbons (Fsp3) is 0.222. The minimum Gasteiger partial charge on any atom is -0.205 e. The van der Waals surface area contributed by atoms with E-state index in [0.29, 0.717) is 10.9 Å². The highest BCUT2D eigenvalue weighted by molar-refractivity contribution is 5.85. The van der Waals surface area contributed by atoms with Gasteiger partial charge in [-0.25, -0.2) is 4.39 Å². The van der Waals surface area contributed by atoms with Crippen LogP contribution in [0, 0.1) is 17.7 Å². The largest absolute Gasteiger partial charge is 0.205 e. The normalized spacial score (nSPS) is 11.3. The zero-order valence-corrected chi connectivity index (χ0v) is 21.9. The Bertz CT molecular complexity index is 1420. The first-order valence-corrected chi connectivity index (χ1v) is 13.3. The number of fused-ring (bicyclic) bond motifs is 1. The first-order chi connectivity index (χ1) is 18.2. The van der Waals surface area contributed by atoms with E-state index in [1.165, 1.54) is 22.3 Å². The van der Waals surface area contributed by atoms with Crippen LogP contribution in [0.2, 0.25) is 0 Å². The van der Waals surface area contributed by atoms with Gasteiger partial charge in [-0.15, -0.1) is 0 Å². The average molecular weight is 487 g/mol. The Morgan fingerprint density at radius 2 is 1.14 bits per heavy atom. The van der Waals surface area contributed by atoms with Crippen LogP contribution in [0.4, 0.5) is 4.39 Å². The maximum absolute atomic E-state index is 15.2. The molecule has 186 valence electrons. The Balaban J connectivity index is 1.40. The van der Waals surface area contributed by atoms with E-state index >= 15 is 4.39 Å². The highest BCUT2D eigenvalue weighted by Gasteiger charge is 2.07. The van der Waals surface area contributed by atoms with Crippen molar-refractivity contribution in [3.05, 3.63) is 142 Å². The van der Waals surface area contributed by atoms with Crippen molar-refractivity contribution in [2.45, 2.75) is 52.4 Å². The summed E-state index contributed by atoms with van der Waals surface area (Å²) in [6.07, 6.45) is 14.7. The van der Waals surface area contributed by atoms with Crippen molar-refractivity contribution in [1.29, 1.82) is 0 Å². The van der Waals surface area contributed by atoms with Gasteiger partial charge < -0.3 is 0 Å². The molecular weight excluding hydrogens is 451 g/mol. The van der Waals surface area contributed by atoms with Crippen molar-refractivity contribution >= 4 is 10.8 Å². The van der Waals surface area contributed by atoms with Gasteiger partial charge in [0.05, 0.1) is 5.56 Å². The third kappa shape index (κ3) is 7.55. The molecule has 0 atom stereocenters. The summed E-state index contributed by atoms with van der Waals surface area (Å²) in [4.78, 5) is 0. The number of aryl methyl sites for hydroxylation is 4. The van der Waals surface area contributed by atoms with Crippen LogP contribution < -0.4 is 0 Å². The van der Waals surface area contributed by atoms with Crippen molar-refractivity contribution < 1.29 is 4.39 Å². The molecule has 0 amide bonds. The number of hydrogen-bond donors (Lipinski definition) is 0. The summed E-state index contributed by atoms with van der Waals surface area (Å²) in [5, 5.41) is 1.55. The van der Waals surface area contributed by atoms with Gasteiger partial charge in [-0.05, 0) is 98.2 Å². The highest BCUT2D eigenvalue weighted by atomic mass is 19.1. The molecule has 0 spiro atoms. The lowest BCUT2D eigenvalue weighted by atomic mass is 9.98. The van der Waals surface area contributed by atoms with Crippen LogP contribution in [0.25, 0.3) is 10.8 Å². The summed E-state index contributed by atoms with van der Waals surface area (Å²) >= 11 is 0. The van der Waals surface area contributed by atoms with Crippen molar-refractivity contribution in [3.63, 3.8) is 0 Å². The standard InChI is InChI=1S/C36H35F/c1-3-5-7-9-28-11-15-30(16-12-28)19-20-32-22-26-35-34(27-32)25-24-33(36(35)37)23-21-31-17-13-29(14-18-31)10-8-6-4-2/h3-6,11-18,22,24-27H,7-10,19-20H2,1-2H3/b5-3+,6-4+. The summed E-state index contributed by atoms with van der Waals surface area (Å²) in [6.45, 7) is 4.10. The van der Waals surface area contributed by atoms with E-state index in [4.69, 9.17) is 0 Å². The number of hydrogen-bond acceptors (Lipinski definition) is 0. The summed E-state index contributed by atoms with van der Waals surface area (Å²) < 4.78 is 15.2. The fourth-order valence-corrected chi connectivity index (χ4v) is 4.48. The van der Waals surface area contributed by atoms with Crippen molar-refractivity contribution in [2.24, 2.45) is 0 Å². The summed E-state index contributed by atoms with van der Waals surface area (Å²) in [5.74, 6) is 5.91. The molecule has 0 heterocycles. The second-order valence-electron chi connectivity index (χ2n) is 9.46. The first kappa shape index (κ1) is 26.2. The molecule has 0 aliphatic heterocycles. The van der Waals surface area contributed by atoms with E-state index in [2.05, 4.69) is 85.5 Å². The number of allylic oxidation sites excluding steroid dienone is 4. The predicted octanol–water partition coefficient (Wildman–Crippen LogP) is 9.18. The third-order valence-electron chi connectivity index (χ3n) is 6.71. The SMILES string of the molecule is C/C=C/CCc1ccc(C#Cc2ccc3cc(CCc4ccc(CC/C=C/C)cc4)ccc3c2F)cc1. The topological polar surface area (TPSA) is 0 Å². The molecule has 4 aromatic rings. The van der Waals surface area contributed by atoms with Gasteiger partial charge in [0, 0.05) is 10.9 Å². The van der Waals surface area contributed by atoms with Gasteiger partial charge in [0.25, 0.3) is 0 Å². The molecule has 0 saturated heterocycles. The van der Waals surface area contributed by atoms with Crippen LogP contribution in [-0.4, -0.2) is 0 Å². The molecule has 0 bridgehead atoms. The molecular formula is C36H35F. The molecule has 0 radical (unpaired) electrons. The second kappa shape index (κ2) is 13.4. The van der Waals surface area contributed by atoms with Gasteiger partial charge in [0.15, 0.2) is 0 Å². The molecule has 37 heavy (non-hydrogen) atoms. The Labute approximate surface area is 221 Å². The molecule has 0 fully saturated rings. The Kier molecular flexibility index (Phi) is 9.50. The van der Waals surface area contributed by atoms with Crippen LogP contribution in [0.15, 0.2) is 103 Å². The molecule has 4 rings (SSSR count). The summed E-state index contributed by atoms with van der Waals surface area (Å²) in [5.41, 5.74) is 6.55. The number of halogens is 1. The Morgan fingerprint density at radius 1 is 0.595 bits per heavy atom. The lowest BCUT2D eigenvalue weighted by Crippen LogP contribution is -1.94. The van der Waals surface area contributed by atoms with Crippen molar-refractivity contribution in [3.8, 4) is 11.8 Å². The molecule has 0 unspecified atom stereocenters. The minimum atomic E-state index is -0.243. The molecule has 0 aromatic heterocycles. The lowest BCUT2D eigenvalue weighted by molar-refractivity contribution is 0.636. The van der Waals surface area contributed by atoms with Crippen LogP contribution >= 0.6 is 0 Å². The Morgan fingerprint density at radius 3 is 1.76 bits per heavy atom. The number of benzene rings is 4. The van der Waals surface area contributed by atoms with Gasteiger partial charge in [-0.1, -0.05) is 96.8 Å². The Hall–Kier alpha value is -3.89. The quantitative estimate of drug-likeness (QED) is 0.163. The van der Waals surface area contributed by atoms with E-state index < -0.39 is 0 Å². The van der Waals surface area contributed by atoms with E-state index in [1.807, 2.05) is 37.3 Å². The highest BCUT2D eigenvalue weighted by Crippen LogP contribution is 2.23. The minimum absolute atomic E-state index is 0.243. The van der Waals surface area contributed by atoms with E-state index in [9.17, 15) is 0 Å². The van der Waals surface area contributed by atoms with Crippen LogP contribution in [0.1, 0.15) is 60.1 Å². The first-order valence-electron chi connectivity index (χ1n) is 13.3. The maximum atomic E-state index is 15.2. The van der Waals surface area contributed by atoms with E-state index in [1.54, 1.807) is 6.07 Å². The zero-order chi connectivity index (χ0) is 25.9. The third-order valence-corrected chi connectivity index (χ3v) is 6.71. The zero-order valence-electron chi connectivity index (χ0n) is 21.9. The van der Waals surface area contributed by atoms with Crippen LogP contribution in [0.5, 0.6) is 0 Å². The van der Waals surface area contributed by atoms with Crippen LogP contribution in [0.3, 0.4) is 0 Å². The molecule has 0 aliphatic rings. The van der Waals surface area contributed by atoms with E-state index in [0.717, 1.165) is 49.5 Å². The fourth-order valence-electron chi connectivity index (χ4n) is 4.48. The van der Waals surface area contributed by atoms with Gasteiger partial charge in [0.2, 0.25) is 0 Å². The summed E-state index contributed by atoms with van der Waals surface area (Å²) in [7, 11) is 0. The molecule has 0 nitrogen and oxygen atoms in total. The van der Waals surface area contributed by atoms with Gasteiger partial charge in [0.1, 0.15) is 5.82 Å². The summed E-state index contributed by atoms with van der Waals surface area (Å²) in [6, 6.07) is 27.0.